The van der Waals surface area contributed by atoms with Crippen molar-refractivity contribution >= 4 is 5.97 Å². The second-order valence-electron chi connectivity index (χ2n) is 5.60. The summed E-state index contributed by atoms with van der Waals surface area (Å²) in [6.07, 6.45) is 1.46. The Morgan fingerprint density at radius 1 is 1.16 bits per heavy atom. The molecule has 1 unspecified atom stereocenters. The number of rotatable bonds is 5. The van der Waals surface area contributed by atoms with Crippen LogP contribution in [0.25, 0.3) is 0 Å². The van der Waals surface area contributed by atoms with Crippen molar-refractivity contribution in [2.45, 2.75) is 46.6 Å². The van der Waals surface area contributed by atoms with E-state index in [0.29, 0.717) is 6.42 Å². The van der Waals surface area contributed by atoms with Crippen LogP contribution in [0.5, 0.6) is 0 Å². The first-order valence-electron chi connectivity index (χ1n) is 6.71. The molecule has 0 saturated carbocycles. The molecule has 0 spiro atoms. The third-order valence-electron chi connectivity index (χ3n) is 4.10. The Morgan fingerprint density at radius 2 is 1.63 bits per heavy atom. The Hall–Kier alpha value is -1.35. The second-order valence-corrected chi connectivity index (χ2v) is 5.60. The van der Waals surface area contributed by atoms with Crippen molar-refractivity contribution in [3.05, 3.63) is 33.9 Å². The quantitative estimate of drug-likeness (QED) is 0.888. The first-order valence-corrected chi connectivity index (χ1v) is 6.71. The predicted octanol–water partition coefficient (Wildman–Crippen LogP) is 2.87. The minimum absolute atomic E-state index is 0.417. The maximum absolute atomic E-state index is 11.2. The van der Waals surface area contributed by atoms with E-state index < -0.39 is 12.0 Å². The number of nitrogens with zero attached hydrogens (tertiary/aromatic N) is 1. The number of carbonyl (C=O) groups is 1. The van der Waals surface area contributed by atoms with Gasteiger partial charge < -0.3 is 5.11 Å². The van der Waals surface area contributed by atoms with Crippen LogP contribution in [0.2, 0.25) is 0 Å². The largest absolute Gasteiger partial charge is 0.480 e. The van der Waals surface area contributed by atoms with Crippen LogP contribution in [0.15, 0.2) is 6.07 Å². The molecule has 1 aromatic carbocycles. The molecule has 1 rings (SSSR count). The number of hydrogen-bond acceptors (Lipinski definition) is 2. The summed E-state index contributed by atoms with van der Waals surface area (Å²) < 4.78 is 0. The van der Waals surface area contributed by atoms with E-state index in [-0.39, 0.29) is 0 Å². The summed E-state index contributed by atoms with van der Waals surface area (Å²) in [5, 5.41) is 9.23. The lowest BCUT2D eigenvalue weighted by molar-refractivity contribution is -0.142. The van der Waals surface area contributed by atoms with Crippen LogP contribution in [0.1, 0.15) is 34.2 Å². The van der Waals surface area contributed by atoms with E-state index in [0.717, 1.165) is 6.42 Å². The fraction of sp³-hybridized carbons (Fsp3) is 0.562. The Balaban J connectivity index is 2.97. The summed E-state index contributed by atoms with van der Waals surface area (Å²) in [4.78, 5) is 13.0. The van der Waals surface area contributed by atoms with Gasteiger partial charge in [-0.05, 0) is 82.4 Å². The van der Waals surface area contributed by atoms with Crippen molar-refractivity contribution in [1.29, 1.82) is 0 Å². The molecule has 0 fully saturated rings. The minimum Gasteiger partial charge on any atom is -0.480 e. The molecule has 0 heterocycles. The lowest BCUT2D eigenvalue weighted by Crippen LogP contribution is -2.36. The van der Waals surface area contributed by atoms with Crippen molar-refractivity contribution in [1.82, 2.24) is 4.90 Å². The SMILES string of the molecule is Cc1cc(C)c(C)c(CCC(C(=O)O)N(C)C)c1C. The van der Waals surface area contributed by atoms with E-state index in [1.165, 1.54) is 27.8 Å². The van der Waals surface area contributed by atoms with Crippen LogP contribution >= 0.6 is 0 Å². The topological polar surface area (TPSA) is 40.5 Å². The highest BCUT2D eigenvalue weighted by Gasteiger charge is 2.20. The van der Waals surface area contributed by atoms with Crippen LogP contribution < -0.4 is 0 Å². The van der Waals surface area contributed by atoms with Gasteiger partial charge in [-0.2, -0.15) is 0 Å². The molecular weight excluding hydrogens is 238 g/mol. The van der Waals surface area contributed by atoms with Crippen LogP contribution in [-0.2, 0) is 11.2 Å². The fourth-order valence-electron chi connectivity index (χ4n) is 2.56. The molecule has 3 heteroatoms. The van der Waals surface area contributed by atoms with Gasteiger partial charge in [-0.3, -0.25) is 9.69 Å². The average molecular weight is 263 g/mol. The third kappa shape index (κ3) is 3.57. The van der Waals surface area contributed by atoms with E-state index in [9.17, 15) is 9.90 Å². The van der Waals surface area contributed by atoms with Crippen LogP contribution in [0, 0.1) is 27.7 Å². The van der Waals surface area contributed by atoms with Gasteiger partial charge in [-0.1, -0.05) is 6.07 Å². The molecule has 1 N–H and O–H groups in total. The molecule has 1 atom stereocenters. The van der Waals surface area contributed by atoms with Gasteiger partial charge in [0.25, 0.3) is 0 Å². The molecule has 0 saturated heterocycles. The number of aryl methyl sites for hydroxylation is 2. The molecule has 106 valence electrons. The van der Waals surface area contributed by atoms with Crippen molar-refractivity contribution in [3.63, 3.8) is 0 Å². The second kappa shape index (κ2) is 6.20. The lowest BCUT2D eigenvalue weighted by atomic mass is 9.90. The summed E-state index contributed by atoms with van der Waals surface area (Å²) in [6.45, 7) is 8.49. The highest BCUT2D eigenvalue weighted by Crippen LogP contribution is 2.23. The van der Waals surface area contributed by atoms with Crippen LogP contribution in [-0.4, -0.2) is 36.1 Å². The van der Waals surface area contributed by atoms with E-state index in [1.54, 1.807) is 4.90 Å². The van der Waals surface area contributed by atoms with E-state index in [2.05, 4.69) is 33.8 Å². The molecular formula is C16H25NO2. The molecule has 0 aliphatic heterocycles. The minimum atomic E-state index is -0.746. The van der Waals surface area contributed by atoms with Crippen molar-refractivity contribution in [3.8, 4) is 0 Å². The summed E-state index contributed by atoms with van der Waals surface area (Å²) in [5.74, 6) is -0.746. The highest BCUT2D eigenvalue weighted by atomic mass is 16.4. The lowest BCUT2D eigenvalue weighted by Gasteiger charge is -2.22. The molecule has 0 aliphatic rings. The average Bonchev–Trinajstić information content (AvgIpc) is 2.30. The van der Waals surface area contributed by atoms with Crippen molar-refractivity contribution in [2.75, 3.05) is 14.1 Å². The Labute approximate surface area is 116 Å². The van der Waals surface area contributed by atoms with Crippen LogP contribution in [0.3, 0.4) is 0 Å². The first-order chi connectivity index (χ1) is 8.75. The summed E-state index contributed by atoms with van der Waals surface area (Å²) >= 11 is 0. The molecule has 0 bridgehead atoms. The molecule has 0 aromatic heterocycles. The zero-order chi connectivity index (χ0) is 14.7. The smallest absolute Gasteiger partial charge is 0.320 e. The molecule has 0 aliphatic carbocycles. The number of carboxylic acids is 1. The van der Waals surface area contributed by atoms with Gasteiger partial charge in [0.2, 0.25) is 0 Å². The van der Waals surface area contributed by atoms with Gasteiger partial charge >= 0.3 is 5.97 Å². The highest BCUT2D eigenvalue weighted by molar-refractivity contribution is 5.73. The third-order valence-corrected chi connectivity index (χ3v) is 4.10. The fourth-order valence-corrected chi connectivity index (χ4v) is 2.56. The number of hydrogen-bond donors (Lipinski definition) is 1. The van der Waals surface area contributed by atoms with Gasteiger partial charge in [0.1, 0.15) is 6.04 Å². The van der Waals surface area contributed by atoms with Gasteiger partial charge in [-0.25, -0.2) is 0 Å². The molecule has 19 heavy (non-hydrogen) atoms. The van der Waals surface area contributed by atoms with Gasteiger partial charge in [0.15, 0.2) is 0 Å². The maximum atomic E-state index is 11.2. The summed E-state index contributed by atoms with van der Waals surface area (Å²) in [6, 6.07) is 1.79. The van der Waals surface area contributed by atoms with Gasteiger partial charge in [-0.15, -0.1) is 0 Å². The molecule has 1 aromatic rings. The van der Waals surface area contributed by atoms with E-state index in [1.807, 2.05) is 14.1 Å². The van der Waals surface area contributed by atoms with Gasteiger partial charge in [0.05, 0.1) is 0 Å². The zero-order valence-corrected chi connectivity index (χ0v) is 12.9. The summed E-state index contributed by atoms with van der Waals surface area (Å²) in [7, 11) is 3.64. The predicted molar refractivity (Wildman–Crippen MR) is 78.8 cm³/mol. The Morgan fingerprint density at radius 3 is 2.00 bits per heavy atom. The number of carboxylic acid groups (broad SMARTS) is 1. The van der Waals surface area contributed by atoms with E-state index in [4.69, 9.17) is 0 Å². The van der Waals surface area contributed by atoms with Crippen molar-refractivity contribution < 1.29 is 9.90 Å². The Bertz CT molecular complexity index is 452. The Kier molecular flexibility index (Phi) is 5.12. The number of aliphatic carboxylic acids is 1. The number of likely N-dealkylation sites (N-methyl/N-ethyl adjacent to an activating group) is 1. The number of benzene rings is 1. The molecule has 3 nitrogen and oxygen atoms in total. The van der Waals surface area contributed by atoms with Gasteiger partial charge in [0, 0.05) is 0 Å². The van der Waals surface area contributed by atoms with E-state index >= 15 is 0 Å². The normalized spacial score (nSPS) is 12.8. The monoisotopic (exact) mass is 263 g/mol. The zero-order valence-electron chi connectivity index (χ0n) is 12.9. The molecule has 0 amide bonds. The standard InChI is InChI=1S/C16H25NO2/c1-10-9-11(2)13(4)14(12(10)3)7-8-15(16(18)19)17(5)6/h9,15H,7-8H2,1-6H3,(H,18,19). The van der Waals surface area contributed by atoms with Crippen molar-refractivity contribution in [2.24, 2.45) is 0 Å². The van der Waals surface area contributed by atoms with Crippen LogP contribution in [0.4, 0.5) is 0 Å². The maximum Gasteiger partial charge on any atom is 0.320 e. The first kappa shape index (κ1) is 15.7. The summed E-state index contributed by atoms with van der Waals surface area (Å²) in [5.41, 5.74) is 6.48. The molecule has 0 radical (unpaired) electrons.